The molecular weight excluding hydrogens is 450 g/mol. The van der Waals surface area contributed by atoms with Gasteiger partial charge in [-0.2, -0.15) is 0 Å². The number of hydrogen-bond donors (Lipinski definition) is 1. The number of carbonyl (C=O) groups excluding carboxylic acids is 4. The molecule has 0 aliphatic heterocycles. The largest absolute Gasteiger partial charge is 0.497 e. The molecule has 3 aromatic carbocycles. The summed E-state index contributed by atoms with van der Waals surface area (Å²) in [6.07, 6.45) is -2.15. The van der Waals surface area contributed by atoms with Crippen LogP contribution in [0.1, 0.15) is 45.7 Å². The molecule has 35 heavy (non-hydrogen) atoms. The van der Waals surface area contributed by atoms with Gasteiger partial charge >= 0.3 is 5.97 Å². The minimum atomic E-state index is -1.18. The number of ketones is 2. The Kier molecular flexibility index (Phi) is 6.64. The van der Waals surface area contributed by atoms with E-state index in [1.807, 2.05) is 0 Å². The van der Waals surface area contributed by atoms with Gasteiger partial charge in [-0.25, -0.2) is 4.79 Å². The molecule has 8 heteroatoms. The number of carbonyl (C=O) groups is 4. The normalized spacial score (nSPS) is 13.7. The van der Waals surface area contributed by atoms with Gasteiger partial charge in [0.05, 0.1) is 18.4 Å². The van der Waals surface area contributed by atoms with Crippen molar-refractivity contribution in [2.75, 3.05) is 12.4 Å². The number of ether oxygens (including phenoxy) is 3. The summed E-state index contributed by atoms with van der Waals surface area (Å²) >= 11 is 0. The van der Waals surface area contributed by atoms with Crippen LogP contribution in [0.4, 0.5) is 5.69 Å². The first-order chi connectivity index (χ1) is 16.8. The Morgan fingerprint density at radius 1 is 0.743 bits per heavy atom. The van der Waals surface area contributed by atoms with Gasteiger partial charge in [0.15, 0.2) is 23.8 Å². The molecule has 1 N–H and O–H groups in total. The number of methoxy groups -OCH3 is 1. The van der Waals surface area contributed by atoms with E-state index in [0.717, 1.165) is 0 Å². The highest BCUT2D eigenvalue weighted by molar-refractivity contribution is 6.30. The van der Waals surface area contributed by atoms with E-state index in [1.54, 1.807) is 67.8 Å². The van der Waals surface area contributed by atoms with Crippen molar-refractivity contribution >= 4 is 29.1 Å². The molecule has 0 aromatic heterocycles. The molecule has 8 nitrogen and oxygen atoms in total. The number of benzene rings is 3. The molecule has 0 heterocycles. The maximum Gasteiger partial charge on any atom is 0.347 e. The maximum absolute atomic E-state index is 13.1. The van der Waals surface area contributed by atoms with Gasteiger partial charge in [-0.3, -0.25) is 14.4 Å². The number of amides is 1. The zero-order valence-corrected chi connectivity index (χ0v) is 19.4. The fraction of sp³-hybridized carbons (Fsp3) is 0.185. The smallest absolute Gasteiger partial charge is 0.347 e. The molecular formula is C27H23NO7. The maximum atomic E-state index is 13.1. The van der Waals surface area contributed by atoms with Crippen molar-refractivity contribution in [3.05, 3.63) is 89.0 Å². The van der Waals surface area contributed by atoms with Gasteiger partial charge in [-0.1, -0.05) is 36.4 Å². The van der Waals surface area contributed by atoms with Crippen LogP contribution in [0.3, 0.4) is 0 Å². The van der Waals surface area contributed by atoms with Crippen molar-refractivity contribution in [2.24, 2.45) is 0 Å². The van der Waals surface area contributed by atoms with E-state index < -0.39 is 24.1 Å². The molecule has 1 aliphatic carbocycles. The third-order valence-corrected chi connectivity index (χ3v) is 5.58. The van der Waals surface area contributed by atoms with Crippen LogP contribution in [-0.2, 0) is 14.3 Å². The van der Waals surface area contributed by atoms with Crippen LogP contribution in [0.5, 0.6) is 11.5 Å². The van der Waals surface area contributed by atoms with Gasteiger partial charge in [0, 0.05) is 16.7 Å². The van der Waals surface area contributed by atoms with E-state index in [4.69, 9.17) is 14.2 Å². The predicted octanol–water partition coefficient (Wildman–Crippen LogP) is 3.81. The number of anilines is 1. The topological polar surface area (TPSA) is 108 Å². The lowest BCUT2D eigenvalue weighted by Gasteiger charge is -2.21. The minimum absolute atomic E-state index is 0.110. The first-order valence-corrected chi connectivity index (χ1v) is 10.9. The predicted molar refractivity (Wildman–Crippen MR) is 127 cm³/mol. The van der Waals surface area contributed by atoms with Crippen molar-refractivity contribution < 1.29 is 33.4 Å². The van der Waals surface area contributed by atoms with Gasteiger partial charge < -0.3 is 19.5 Å². The summed E-state index contributed by atoms with van der Waals surface area (Å²) in [5.41, 5.74) is 1.08. The summed E-state index contributed by atoms with van der Waals surface area (Å²) in [6.45, 7) is 2.91. The summed E-state index contributed by atoms with van der Waals surface area (Å²) in [5, 5.41) is 2.61. The summed E-state index contributed by atoms with van der Waals surface area (Å²) in [7, 11) is 1.54. The third kappa shape index (κ3) is 4.77. The Morgan fingerprint density at radius 3 is 2.00 bits per heavy atom. The van der Waals surface area contributed by atoms with Crippen molar-refractivity contribution in [3.8, 4) is 11.5 Å². The third-order valence-electron chi connectivity index (χ3n) is 5.58. The van der Waals surface area contributed by atoms with Crippen LogP contribution < -0.4 is 14.8 Å². The Bertz CT molecular complexity index is 1310. The molecule has 2 unspecified atom stereocenters. The molecule has 1 amide bonds. The van der Waals surface area contributed by atoms with Gasteiger partial charge in [-0.15, -0.1) is 0 Å². The van der Waals surface area contributed by atoms with Gasteiger partial charge in [0.2, 0.25) is 0 Å². The number of fused-ring (bicyclic) bond motifs is 2. The molecule has 0 saturated heterocycles. The lowest BCUT2D eigenvalue weighted by Crippen LogP contribution is -2.35. The molecule has 178 valence electrons. The number of rotatable bonds is 7. The molecule has 0 radical (unpaired) electrons. The second-order valence-electron chi connectivity index (χ2n) is 7.94. The van der Waals surface area contributed by atoms with Crippen LogP contribution in [0.15, 0.2) is 66.7 Å². The lowest BCUT2D eigenvalue weighted by atomic mass is 9.83. The molecule has 1 aliphatic rings. The molecule has 3 aromatic rings. The van der Waals surface area contributed by atoms with E-state index in [0.29, 0.717) is 17.1 Å². The Morgan fingerprint density at radius 2 is 1.34 bits per heavy atom. The first-order valence-electron chi connectivity index (χ1n) is 10.9. The standard InChI is InChI=1S/C27H23NO7/c1-15(35-27(32)16(2)34-18-13-11-17(33-3)12-14-18)26(31)28-22-10-6-9-21-23(22)25(30)20-8-5-4-7-19(20)24(21)29/h4-16H,1-3H3,(H,28,31). The highest BCUT2D eigenvalue weighted by Crippen LogP contribution is 2.32. The number of hydrogen-bond acceptors (Lipinski definition) is 7. The molecule has 0 saturated carbocycles. The summed E-state index contributed by atoms with van der Waals surface area (Å²) in [5.74, 6) is -0.967. The zero-order valence-electron chi connectivity index (χ0n) is 19.4. The second kappa shape index (κ2) is 9.80. The summed E-state index contributed by atoms with van der Waals surface area (Å²) < 4.78 is 15.9. The minimum Gasteiger partial charge on any atom is -0.497 e. The van der Waals surface area contributed by atoms with E-state index in [9.17, 15) is 19.2 Å². The van der Waals surface area contributed by atoms with Crippen molar-refractivity contribution in [1.82, 2.24) is 0 Å². The second-order valence-corrected chi connectivity index (χ2v) is 7.94. The Balaban J connectivity index is 1.44. The summed E-state index contributed by atoms with van der Waals surface area (Å²) in [6, 6.07) is 17.9. The van der Waals surface area contributed by atoms with Crippen LogP contribution >= 0.6 is 0 Å². The quantitative estimate of drug-likeness (QED) is 0.407. The monoisotopic (exact) mass is 473 g/mol. The Hall–Kier alpha value is -4.46. The van der Waals surface area contributed by atoms with Crippen LogP contribution in [-0.4, -0.2) is 42.8 Å². The fourth-order valence-electron chi connectivity index (χ4n) is 3.71. The van der Waals surface area contributed by atoms with E-state index in [-0.39, 0.29) is 33.9 Å². The van der Waals surface area contributed by atoms with E-state index in [1.165, 1.54) is 19.9 Å². The average molecular weight is 473 g/mol. The molecule has 2 atom stereocenters. The van der Waals surface area contributed by atoms with Crippen molar-refractivity contribution in [3.63, 3.8) is 0 Å². The zero-order chi connectivity index (χ0) is 25.1. The average Bonchev–Trinajstić information content (AvgIpc) is 2.87. The number of nitrogens with one attached hydrogen (secondary N) is 1. The summed E-state index contributed by atoms with van der Waals surface area (Å²) in [4.78, 5) is 51.2. The van der Waals surface area contributed by atoms with Crippen LogP contribution in [0, 0.1) is 0 Å². The van der Waals surface area contributed by atoms with Gasteiger partial charge in [0.1, 0.15) is 11.5 Å². The lowest BCUT2D eigenvalue weighted by molar-refractivity contribution is -0.159. The fourth-order valence-corrected chi connectivity index (χ4v) is 3.71. The molecule has 0 bridgehead atoms. The van der Waals surface area contributed by atoms with E-state index >= 15 is 0 Å². The SMILES string of the molecule is COc1ccc(OC(C)C(=O)OC(C)C(=O)Nc2cccc3c2C(=O)c2ccccc2C3=O)cc1. The number of esters is 1. The van der Waals surface area contributed by atoms with Gasteiger partial charge in [0.25, 0.3) is 5.91 Å². The highest BCUT2D eigenvalue weighted by atomic mass is 16.6. The first kappa shape index (κ1) is 23.7. The Labute approximate surface area is 201 Å². The molecule has 0 spiro atoms. The van der Waals surface area contributed by atoms with Crippen LogP contribution in [0.2, 0.25) is 0 Å². The van der Waals surface area contributed by atoms with Gasteiger partial charge in [-0.05, 0) is 44.2 Å². The van der Waals surface area contributed by atoms with Crippen LogP contribution in [0.25, 0.3) is 0 Å². The van der Waals surface area contributed by atoms with E-state index in [2.05, 4.69) is 5.32 Å². The molecule has 0 fully saturated rings. The molecule has 4 rings (SSSR count). The van der Waals surface area contributed by atoms with Crippen molar-refractivity contribution in [2.45, 2.75) is 26.1 Å². The highest BCUT2D eigenvalue weighted by Gasteiger charge is 2.32. The van der Waals surface area contributed by atoms with Crippen molar-refractivity contribution in [1.29, 1.82) is 0 Å².